The molecule has 0 atom stereocenters. The van der Waals surface area contributed by atoms with Crippen molar-refractivity contribution in [2.45, 2.75) is 31.8 Å². The summed E-state index contributed by atoms with van der Waals surface area (Å²) in [6, 6.07) is 6.98. The second-order valence-electron chi connectivity index (χ2n) is 6.14. The molecule has 0 aliphatic carbocycles. The van der Waals surface area contributed by atoms with E-state index in [0.29, 0.717) is 23.6 Å². The van der Waals surface area contributed by atoms with Crippen molar-refractivity contribution in [1.29, 1.82) is 0 Å². The summed E-state index contributed by atoms with van der Waals surface area (Å²) in [7, 11) is 1.61. The number of halogens is 1. The second kappa shape index (κ2) is 9.71. The van der Waals surface area contributed by atoms with Gasteiger partial charge >= 0.3 is 0 Å². The highest BCUT2D eigenvalue weighted by molar-refractivity contribution is 7.98. The Bertz CT molecular complexity index is 821. The molecule has 0 fully saturated rings. The number of amides is 2. The van der Waals surface area contributed by atoms with Gasteiger partial charge in [0.1, 0.15) is 0 Å². The van der Waals surface area contributed by atoms with Crippen molar-refractivity contribution >= 4 is 40.9 Å². The molecule has 144 valence electrons. The fraction of sp³-hybridized carbons (Fsp3) is 0.368. The van der Waals surface area contributed by atoms with Crippen LogP contribution >= 0.6 is 23.4 Å². The van der Waals surface area contributed by atoms with E-state index in [1.165, 1.54) is 16.7 Å². The summed E-state index contributed by atoms with van der Waals surface area (Å²) >= 11 is 7.52. The SMILES string of the molecule is CSc1nc(C)c(CCC(=O)N(C)CC(=O)Nc2ccccc2Cl)c(C)n1. The molecule has 8 heteroatoms. The average Bonchev–Trinajstić information content (AvgIpc) is 2.62. The van der Waals surface area contributed by atoms with E-state index in [0.717, 1.165) is 22.1 Å². The lowest BCUT2D eigenvalue weighted by Gasteiger charge is -2.18. The molecule has 1 N–H and O–H groups in total. The van der Waals surface area contributed by atoms with Gasteiger partial charge in [0.05, 0.1) is 17.3 Å². The number of likely N-dealkylation sites (N-methyl/N-ethyl adjacent to an activating group) is 1. The lowest BCUT2D eigenvalue weighted by Crippen LogP contribution is -2.35. The minimum Gasteiger partial charge on any atom is -0.336 e. The smallest absolute Gasteiger partial charge is 0.244 e. The summed E-state index contributed by atoms with van der Waals surface area (Å²) in [5.74, 6) is -0.406. The highest BCUT2D eigenvalue weighted by atomic mass is 35.5. The molecule has 27 heavy (non-hydrogen) atoms. The van der Waals surface area contributed by atoms with E-state index in [2.05, 4.69) is 15.3 Å². The number of carbonyl (C=O) groups is 2. The van der Waals surface area contributed by atoms with Crippen molar-refractivity contribution in [1.82, 2.24) is 14.9 Å². The second-order valence-corrected chi connectivity index (χ2v) is 7.32. The molecule has 0 spiro atoms. The number of carbonyl (C=O) groups excluding carboxylic acids is 2. The number of thioether (sulfide) groups is 1. The Labute approximate surface area is 168 Å². The van der Waals surface area contributed by atoms with Gasteiger partial charge < -0.3 is 10.2 Å². The monoisotopic (exact) mass is 406 g/mol. The molecule has 0 aliphatic heterocycles. The number of para-hydroxylation sites is 1. The zero-order valence-corrected chi connectivity index (χ0v) is 17.4. The van der Waals surface area contributed by atoms with Crippen LogP contribution in [-0.2, 0) is 16.0 Å². The van der Waals surface area contributed by atoms with Crippen LogP contribution in [0.15, 0.2) is 29.4 Å². The summed E-state index contributed by atoms with van der Waals surface area (Å²) in [5.41, 5.74) is 3.29. The number of aryl methyl sites for hydroxylation is 2. The van der Waals surface area contributed by atoms with Crippen LogP contribution in [0.2, 0.25) is 5.02 Å². The van der Waals surface area contributed by atoms with Crippen LogP contribution < -0.4 is 5.32 Å². The van der Waals surface area contributed by atoms with Crippen LogP contribution in [0, 0.1) is 13.8 Å². The van der Waals surface area contributed by atoms with Crippen molar-refractivity contribution in [3.63, 3.8) is 0 Å². The number of anilines is 1. The maximum atomic E-state index is 12.4. The standard InChI is InChI=1S/C19H23ClN4O2S/c1-12-14(13(2)22-19(21-12)27-4)9-10-18(26)24(3)11-17(25)23-16-8-6-5-7-15(16)20/h5-8H,9-11H2,1-4H3,(H,23,25). The average molecular weight is 407 g/mol. The van der Waals surface area contributed by atoms with Gasteiger partial charge in [0.25, 0.3) is 0 Å². The fourth-order valence-electron chi connectivity index (χ4n) is 2.64. The number of hydrogen-bond acceptors (Lipinski definition) is 5. The third kappa shape index (κ3) is 5.94. The molecule has 1 aromatic carbocycles. The van der Waals surface area contributed by atoms with Gasteiger partial charge in [-0.25, -0.2) is 9.97 Å². The van der Waals surface area contributed by atoms with Crippen LogP contribution in [-0.4, -0.2) is 46.5 Å². The third-order valence-corrected chi connectivity index (χ3v) is 5.00. The van der Waals surface area contributed by atoms with Crippen LogP contribution in [0.5, 0.6) is 0 Å². The lowest BCUT2D eigenvalue weighted by molar-refractivity contribution is -0.133. The first-order valence-electron chi connectivity index (χ1n) is 8.48. The van der Waals surface area contributed by atoms with Crippen molar-refractivity contribution in [2.24, 2.45) is 0 Å². The Morgan fingerprint density at radius 3 is 2.41 bits per heavy atom. The van der Waals surface area contributed by atoms with E-state index in [1.807, 2.05) is 20.1 Å². The maximum Gasteiger partial charge on any atom is 0.244 e. The van der Waals surface area contributed by atoms with Gasteiger partial charge in [-0.15, -0.1) is 0 Å². The van der Waals surface area contributed by atoms with Gasteiger partial charge in [-0.3, -0.25) is 9.59 Å². The van der Waals surface area contributed by atoms with Crippen LogP contribution in [0.4, 0.5) is 5.69 Å². The number of aromatic nitrogens is 2. The van der Waals surface area contributed by atoms with Crippen LogP contribution in [0.3, 0.4) is 0 Å². The maximum absolute atomic E-state index is 12.4. The van der Waals surface area contributed by atoms with Crippen LogP contribution in [0.1, 0.15) is 23.4 Å². The van der Waals surface area contributed by atoms with E-state index in [-0.39, 0.29) is 18.4 Å². The van der Waals surface area contributed by atoms with E-state index in [9.17, 15) is 9.59 Å². The van der Waals surface area contributed by atoms with Gasteiger partial charge in [-0.05, 0) is 44.2 Å². The fourth-order valence-corrected chi connectivity index (χ4v) is 3.28. The number of nitrogens with zero attached hydrogens (tertiary/aromatic N) is 3. The van der Waals surface area contributed by atoms with Crippen molar-refractivity contribution in [2.75, 3.05) is 25.2 Å². The normalized spacial score (nSPS) is 10.6. The Hall–Kier alpha value is -2.12. The molecule has 0 saturated heterocycles. The Balaban J connectivity index is 1.90. The van der Waals surface area contributed by atoms with Crippen molar-refractivity contribution in [3.8, 4) is 0 Å². The molecule has 2 amide bonds. The Morgan fingerprint density at radius 1 is 1.19 bits per heavy atom. The zero-order valence-electron chi connectivity index (χ0n) is 15.9. The van der Waals surface area contributed by atoms with Gasteiger partial charge in [-0.2, -0.15) is 0 Å². The zero-order chi connectivity index (χ0) is 20.0. The minimum absolute atomic E-state index is 0.0378. The van der Waals surface area contributed by atoms with Gasteiger partial charge in [0.2, 0.25) is 11.8 Å². The van der Waals surface area contributed by atoms with E-state index in [1.54, 1.807) is 31.3 Å². The molecule has 0 saturated carbocycles. The molecule has 1 heterocycles. The highest BCUT2D eigenvalue weighted by Gasteiger charge is 2.16. The van der Waals surface area contributed by atoms with Gasteiger partial charge in [0, 0.05) is 24.9 Å². The van der Waals surface area contributed by atoms with Crippen molar-refractivity contribution in [3.05, 3.63) is 46.2 Å². The molecular formula is C19H23ClN4O2S. The van der Waals surface area contributed by atoms with E-state index < -0.39 is 0 Å². The molecule has 1 aromatic heterocycles. The molecule has 0 unspecified atom stereocenters. The summed E-state index contributed by atoms with van der Waals surface area (Å²) in [6.45, 7) is 3.81. The first-order valence-corrected chi connectivity index (χ1v) is 10.1. The van der Waals surface area contributed by atoms with Gasteiger partial charge in [-0.1, -0.05) is 35.5 Å². The molecule has 0 aliphatic rings. The molecule has 0 bridgehead atoms. The number of nitrogens with one attached hydrogen (secondary N) is 1. The highest BCUT2D eigenvalue weighted by Crippen LogP contribution is 2.20. The van der Waals surface area contributed by atoms with Crippen LogP contribution in [0.25, 0.3) is 0 Å². The quantitative estimate of drug-likeness (QED) is 0.562. The predicted octanol–water partition coefficient (Wildman–Crippen LogP) is 3.50. The summed E-state index contributed by atoms with van der Waals surface area (Å²) < 4.78 is 0. The summed E-state index contributed by atoms with van der Waals surface area (Å²) in [5, 5.41) is 3.90. The third-order valence-electron chi connectivity index (χ3n) is 4.13. The molecule has 6 nitrogen and oxygen atoms in total. The first-order chi connectivity index (χ1) is 12.8. The number of rotatable bonds is 7. The Morgan fingerprint density at radius 2 is 1.81 bits per heavy atom. The van der Waals surface area contributed by atoms with Gasteiger partial charge in [0.15, 0.2) is 5.16 Å². The molecule has 2 aromatic rings. The molecule has 2 rings (SSSR count). The molecule has 0 radical (unpaired) electrons. The molecular weight excluding hydrogens is 384 g/mol. The van der Waals surface area contributed by atoms with E-state index >= 15 is 0 Å². The Kier molecular flexibility index (Phi) is 7.62. The van der Waals surface area contributed by atoms with Crippen molar-refractivity contribution < 1.29 is 9.59 Å². The number of hydrogen-bond donors (Lipinski definition) is 1. The summed E-state index contributed by atoms with van der Waals surface area (Å²) in [4.78, 5) is 34.8. The first kappa shape index (κ1) is 21.2. The lowest BCUT2D eigenvalue weighted by atomic mass is 10.1. The minimum atomic E-state index is -0.293. The predicted molar refractivity (Wildman–Crippen MR) is 109 cm³/mol. The van der Waals surface area contributed by atoms with E-state index in [4.69, 9.17) is 11.6 Å². The largest absolute Gasteiger partial charge is 0.336 e. The topological polar surface area (TPSA) is 75.2 Å². The summed E-state index contributed by atoms with van der Waals surface area (Å²) in [6.07, 6.45) is 2.77. The number of benzene rings is 1.